The van der Waals surface area contributed by atoms with E-state index in [1.807, 2.05) is 6.92 Å². The van der Waals surface area contributed by atoms with Gasteiger partial charge >= 0.3 is 0 Å². The van der Waals surface area contributed by atoms with Gasteiger partial charge in [-0.05, 0) is 37.5 Å². The lowest BCUT2D eigenvalue weighted by Crippen LogP contribution is -2.35. The van der Waals surface area contributed by atoms with Crippen molar-refractivity contribution in [1.29, 1.82) is 0 Å². The molecule has 1 rings (SSSR count). The van der Waals surface area contributed by atoms with Crippen molar-refractivity contribution >= 4 is 21.8 Å². The second-order valence-corrected chi connectivity index (χ2v) is 4.81. The lowest BCUT2D eigenvalue weighted by Gasteiger charge is -2.16. The smallest absolute Gasteiger partial charge is 0.251 e. The van der Waals surface area contributed by atoms with E-state index in [0.717, 1.165) is 23.7 Å². The van der Waals surface area contributed by atoms with E-state index in [1.165, 1.54) is 12.1 Å². The largest absolute Gasteiger partial charge is 0.349 e. The normalized spacial score (nSPS) is 12.2. The first-order chi connectivity index (χ1) is 8.08. The predicted octanol–water partition coefficient (Wildman–Crippen LogP) is 3.43. The van der Waals surface area contributed by atoms with Crippen LogP contribution in [0, 0.1) is 12.7 Å². The van der Waals surface area contributed by atoms with E-state index < -0.39 is 0 Å². The maximum Gasteiger partial charge on any atom is 0.251 e. The maximum absolute atomic E-state index is 13.1. The minimum Gasteiger partial charge on any atom is -0.349 e. The minimum atomic E-state index is -0.380. The molecule has 0 fully saturated rings. The monoisotopic (exact) mass is 301 g/mol. The Balaban J connectivity index is 2.78. The SMILES string of the molecule is CCC(CCBr)NC(=O)c1cc(F)ccc1C. The lowest BCUT2D eigenvalue weighted by atomic mass is 10.1. The van der Waals surface area contributed by atoms with Gasteiger partial charge in [0, 0.05) is 16.9 Å². The van der Waals surface area contributed by atoms with Crippen LogP contribution in [0.15, 0.2) is 18.2 Å². The summed E-state index contributed by atoms with van der Waals surface area (Å²) in [7, 11) is 0. The summed E-state index contributed by atoms with van der Waals surface area (Å²) in [6.45, 7) is 3.83. The zero-order chi connectivity index (χ0) is 12.8. The van der Waals surface area contributed by atoms with Crippen molar-refractivity contribution in [3.05, 3.63) is 35.1 Å². The van der Waals surface area contributed by atoms with E-state index in [4.69, 9.17) is 0 Å². The van der Waals surface area contributed by atoms with Crippen LogP contribution >= 0.6 is 15.9 Å². The van der Waals surface area contributed by atoms with Crippen LogP contribution in [-0.4, -0.2) is 17.3 Å². The van der Waals surface area contributed by atoms with Crippen LogP contribution in [0.25, 0.3) is 0 Å². The summed E-state index contributed by atoms with van der Waals surface area (Å²) < 4.78 is 13.1. The van der Waals surface area contributed by atoms with E-state index in [9.17, 15) is 9.18 Å². The van der Waals surface area contributed by atoms with E-state index in [-0.39, 0.29) is 17.8 Å². The molecule has 1 atom stereocenters. The fourth-order valence-electron chi connectivity index (χ4n) is 1.61. The molecule has 0 aliphatic rings. The Labute approximate surface area is 110 Å². The van der Waals surface area contributed by atoms with Crippen LogP contribution < -0.4 is 5.32 Å². The molecule has 0 radical (unpaired) electrons. The van der Waals surface area contributed by atoms with Gasteiger partial charge in [-0.2, -0.15) is 0 Å². The molecule has 0 bridgehead atoms. The number of carbonyl (C=O) groups is 1. The summed E-state index contributed by atoms with van der Waals surface area (Å²) in [5.74, 6) is -0.580. The molecule has 0 heterocycles. The molecule has 0 aromatic heterocycles. The van der Waals surface area contributed by atoms with Crippen molar-refractivity contribution in [2.24, 2.45) is 0 Å². The number of benzene rings is 1. The summed E-state index contributed by atoms with van der Waals surface area (Å²) in [4.78, 5) is 12.0. The van der Waals surface area contributed by atoms with Crippen LogP contribution in [0.4, 0.5) is 4.39 Å². The van der Waals surface area contributed by atoms with Crippen LogP contribution in [0.1, 0.15) is 35.7 Å². The summed E-state index contributed by atoms with van der Waals surface area (Å²) in [5, 5.41) is 3.76. The summed E-state index contributed by atoms with van der Waals surface area (Å²) in [5.41, 5.74) is 1.20. The number of hydrogen-bond donors (Lipinski definition) is 1. The molecule has 1 aromatic rings. The first-order valence-electron chi connectivity index (χ1n) is 5.71. The second-order valence-electron chi connectivity index (χ2n) is 4.02. The highest BCUT2D eigenvalue weighted by Crippen LogP contribution is 2.11. The minimum absolute atomic E-state index is 0.129. The molecule has 1 N–H and O–H groups in total. The first-order valence-corrected chi connectivity index (χ1v) is 6.83. The third-order valence-electron chi connectivity index (χ3n) is 2.73. The van der Waals surface area contributed by atoms with Crippen molar-refractivity contribution in [1.82, 2.24) is 5.32 Å². The second kappa shape index (κ2) is 6.74. The fraction of sp³-hybridized carbons (Fsp3) is 0.462. The average Bonchev–Trinajstić information content (AvgIpc) is 2.31. The number of rotatable bonds is 5. The Hall–Kier alpha value is -0.900. The van der Waals surface area contributed by atoms with E-state index in [2.05, 4.69) is 21.2 Å². The van der Waals surface area contributed by atoms with Gasteiger partial charge in [-0.15, -0.1) is 0 Å². The first kappa shape index (κ1) is 14.2. The predicted molar refractivity (Wildman–Crippen MR) is 71.1 cm³/mol. The molecule has 94 valence electrons. The molecule has 0 saturated heterocycles. The molecular formula is C13H17BrFNO. The Bertz CT molecular complexity index is 395. The van der Waals surface area contributed by atoms with Crippen LogP contribution in [0.5, 0.6) is 0 Å². The highest BCUT2D eigenvalue weighted by Gasteiger charge is 2.14. The zero-order valence-corrected chi connectivity index (χ0v) is 11.7. The quantitative estimate of drug-likeness (QED) is 0.830. The van der Waals surface area contributed by atoms with Gasteiger partial charge in [-0.1, -0.05) is 28.9 Å². The Morgan fingerprint density at radius 3 is 2.82 bits per heavy atom. The molecule has 0 aliphatic carbocycles. The Kier molecular flexibility index (Phi) is 5.62. The number of carbonyl (C=O) groups excluding carboxylic acids is 1. The number of alkyl halides is 1. The summed E-state index contributed by atoms with van der Waals surface area (Å²) in [6, 6.07) is 4.40. The van der Waals surface area contributed by atoms with E-state index in [1.54, 1.807) is 13.0 Å². The molecule has 0 spiro atoms. The van der Waals surface area contributed by atoms with Crippen LogP contribution in [-0.2, 0) is 0 Å². The van der Waals surface area contributed by atoms with Crippen molar-refractivity contribution in [3.63, 3.8) is 0 Å². The van der Waals surface area contributed by atoms with Crippen molar-refractivity contribution in [3.8, 4) is 0 Å². The fourth-order valence-corrected chi connectivity index (χ4v) is 2.16. The van der Waals surface area contributed by atoms with Gasteiger partial charge in [0.05, 0.1) is 0 Å². The highest BCUT2D eigenvalue weighted by atomic mass is 79.9. The molecule has 2 nitrogen and oxygen atoms in total. The average molecular weight is 302 g/mol. The number of hydrogen-bond acceptors (Lipinski definition) is 1. The Morgan fingerprint density at radius 1 is 1.53 bits per heavy atom. The van der Waals surface area contributed by atoms with Crippen LogP contribution in [0.3, 0.4) is 0 Å². The lowest BCUT2D eigenvalue weighted by molar-refractivity contribution is 0.0934. The van der Waals surface area contributed by atoms with E-state index in [0.29, 0.717) is 5.56 Å². The standard InChI is InChI=1S/C13H17BrFNO/c1-3-11(6-7-14)16-13(17)12-8-10(15)5-4-9(12)2/h4-5,8,11H,3,6-7H2,1-2H3,(H,16,17). The van der Waals surface area contributed by atoms with Gasteiger partial charge in [0.2, 0.25) is 0 Å². The number of amides is 1. The molecule has 0 aliphatic heterocycles. The van der Waals surface area contributed by atoms with Crippen molar-refractivity contribution in [2.75, 3.05) is 5.33 Å². The Morgan fingerprint density at radius 2 is 2.24 bits per heavy atom. The number of nitrogens with one attached hydrogen (secondary N) is 1. The molecule has 1 unspecified atom stereocenters. The molecular weight excluding hydrogens is 285 g/mol. The van der Waals surface area contributed by atoms with Gasteiger partial charge in [-0.3, -0.25) is 4.79 Å². The van der Waals surface area contributed by atoms with Gasteiger partial charge in [0.15, 0.2) is 0 Å². The third-order valence-corrected chi connectivity index (χ3v) is 3.19. The summed E-state index contributed by atoms with van der Waals surface area (Å²) in [6.07, 6.45) is 1.74. The van der Waals surface area contributed by atoms with Crippen molar-refractivity contribution in [2.45, 2.75) is 32.7 Å². The van der Waals surface area contributed by atoms with Gasteiger partial charge < -0.3 is 5.32 Å². The maximum atomic E-state index is 13.1. The third kappa shape index (κ3) is 4.11. The highest BCUT2D eigenvalue weighted by molar-refractivity contribution is 9.09. The topological polar surface area (TPSA) is 29.1 Å². The summed E-state index contributed by atoms with van der Waals surface area (Å²) >= 11 is 3.35. The number of halogens is 2. The molecule has 17 heavy (non-hydrogen) atoms. The van der Waals surface area contributed by atoms with Gasteiger partial charge in [0.25, 0.3) is 5.91 Å². The van der Waals surface area contributed by atoms with E-state index >= 15 is 0 Å². The van der Waals surface area contributed by atoms with Crippen molar-refractivity contribution < 1.29 is 9.18 Å². The molecule has 1 aromatic carbocycles. The molecule has 0 saturated carbocycles. The van der Waals surface area contributed by atoms with Gasteiger partial charge in [0.1, 0.15) is 5.82 Å². The number of aryl methyl sites for hydroxylation is 1. The molecule has 4 heteroatoms. The zero-order valence-electron chi connectivity index (χ0n) is 10.1. The molecule has 1 amide bonds. The van der Waals surface area contributed by atoms with Gasteiger partial charge in [-0.25, -0.2) is 4.39 Å². The van der Waals surface area contributed by atoms with Crippen LogP contribution in [0.2, 0.25) is 0 Å².